The van der Waals surface area contributed by atoms with E-state index >= 15 is 0 Å². The smallest absolute Gasteiger partial charge is 0.158 e. The van der Waals surface area contributed by atoms with E-state index in [-0.39, 0.29) is 24.8 Å². The van der Waals surface area contributed by atoms with Crippen LogP contribution in [0.5, 0.6) is 0 Å². The highest BCUT2D eigenvalue weighted by molar-refractivity contribution is 5.13. The third kappa shape index (κ3) is 4.46. The third-order valence-corrected chi connectivity index (χ3v) is 9.03. The van der Waals surface area contributed by atoms with Gasteiger partial charge in [0.2, 0.25) is 0 Å². The molecule has 0 amide bonds. The predicted octanol–water partition coefficient (Wildman–Crippen LogP) is 2.40. The van der Waals surface area contributed by atoms with Crippen LogP contribution in [0.1, 0.15) is 64.4 Å². The fourth-order valence-corrected chi connectivity index (χ4v) is 7.39. The molecule has 5 unspecified atom stereocenters. The Morgan fingerprint density at radius 3 is 2.50 bits per heavy atom. The Morgan fingerprint density at radius 2 is 1.80 bits per heavy atom. The SMILES string of the molecule is CC1(C)C2CCC(C2)C1CC1OCC(C[N+]2(Cc3ccccc3)CCCCC2)O1.[Cl-]. The van der Waals surface area contributed by atoms with Crippen molar-refractivity contribution >= 4 is 0 Å². The monoisotopic (exact) mass is 433 g/mol. The molecule has 2 saturated carbocycles. The fraction of sp³-hybridized carbons (Fsp3) is 0.769. The molecule has 4 aliphatic rings. The highest BCUT2D eigenvalue weighted by atomic mass is 35.5. The van der Waals surface area contributed by atoms with E-state index < -0.39 is 0 Å². The zero-order valence-electron chi connectivity index (χ0n) is 18.9. The zero-order valence-corrected chi connectivity index (χ0v) is 19.7. The van der Waals surface area contributed by atoms with Gasteiger partial charge >= 0.3 is 0 Å². The molecule has 0 N–H and O–H groups in total. The summed E-state index contributed by atoms with van der Waals surface area (Å²) in [6, 6.07) is 11.1. The van der Waals surface area contributed by atoms with E-state index in [0.29, 0.717) is 5.41 Å². The quantitative estimate of drug-likeness (QED) is 0.641. The second-order valence-electron chi connectivity index (χ2n) is 11.1. The molecule has 3 nitrogen and oxygen atoms in total. The number of hydrogen-bond acceptors (Lipinski definition) is 2. The lowest BCUT2D eigenvalue weighted by Crippen LogP contribution is -3.00. The number of halogens is 1. The van der Waals surface area contributed by atoms with E-state index in [1.54, 1.807) is 0 Å². The maximum Gasteiger partial charge on any atom is 0.158 e. The van der Waals surface area contributed by atoms with Crippen molar-refractivity contribution in [3.63, 3.8) is 0 Å². The van der Waals surface area contributed by atoms with Gasteiger partial charge in [0, 0.05) is 12.0 Å². The van der Waals surface area contributed by atoms with Crippen LogP contribution in [0.25, 0.3) is 0 Å². The molecule has 1 aromatic rings. The summed E-state index contributed by atoms with van der Waals surface area (Å²) in [4.78, 5) is 0. The van der Waals surface area contributed by atoms with Gasteiger partial charge in [0.05, 0.1) is 19.7 Å². The summed E-state index contributed by atoms with van der Waals surface area (Å²) in [7, 11) is 0. The molecule has 5 atom stereocenters. The van der Waals surface area contributed by atoms with Crippen molar-refractivity contribution in [2.45, 2.75) is 77.7 Å². The Labute approximate surface area is 189 Å². The second kappa shape index (κ2) is 9.10. The Morgan fingerprint density at radius 1 is 1.03 bits per heavy atom. The van der Waals surface area contributed by atoms with Crippen LogP contribution in [0.4, 0.5) is 0 Å². The first-order valence-corrected chi connectivity index (χ1v) is 12.2. The van der Waals surface area contributed by atoms with Crippen molar-refractivity contribution in [3.05, 3.63) is 35.9 Å². The molecule has 4 heteroatoms. The summed E-state index contributed by atoms with van der Waals surface area (Å²) < 4.78 is 14.0. The molecule has 0 radical (unpaired) electrons. The molecule has 2 saturated heterocycles. The molecular weight excluding hydrogens is 394 g/mol. The Kier molecular flexibility index (Phi) is 6.85. The lowest BCUT2D eigenvalue weighted by Gasteiger charge is -2.43. The number of likely N-dealkylation sites (tertiary alicyclic amines) is 1. The minimum absolute atomic E-state index is 0. The highest BCUT2D eigenvalue weighted by Gasteiger charge is 2.53. The molecular formula is C26H40ClNO2. The zero-order chi connectivity index (χ0) is 19.9. The van der Waals surface area contributed by atoms with Gasteiger partial charge in [-0.25, -0.2) is 0 Å². The average molecular weight is 434 g/mol. The topological polar surface area (TPSA) is 18.5 Å². The maximum atomic E-state index is 6.55. The van der Waals surface area contributed by atoms with E-state index in [1.807, 2.05) is 0 Å². The molecule has 2 aliphatic carbocycles. The fourth-order valence-electron chi connectivity index (χ4n) is 7.39. The van der Waals surface area contributed by atoms with Crippen LogP contribution < -0.4 is 12.4 Å². The minimum atomic E-state index is 0. The Hall–Kier alpha value is -0.610. The van der Waals surface area contributed by atoms with Crippen LogP contribution in [-0.2, 0) is 16.0 Å². The molecule has 30 heavy (non-hydrogen) atoms. The van der Waals surface area contributed by atoms with Crippen molar-refractivity contribution in [1.29, 1.82) is 0 Å². The second-order valence-corrected chi connectivity index (χ2v) is 11.1. The van der Waals surface area contributed by atoms with Gasteiger partial charge in [-0.05, 0) is 61.7 Å². The largest absolute Gasteiger partial charge is 1.00 e. The minimum Gasteiger partial charge on any atom is -1.00 e. The lowest BCUT2D eigenvalue weighted by atomic mass is 9.67. The molecule has 2 bridgehead atoms. The van der Waals surface area contributed by atoms with Crippen molar-refractivity contribution in [2.24, 2.45) is 23.2 Å². The van der Waals surface area contributed by atoms with Gasteiger partial charge in [0.15, 0.2) is 6.29 Å². The van der Waals surface area contributed by atoms with Gasteiger partial charge < -0.3 is 26.4 Å². The first kappa shape index (κ1) is 22.6. The van der Waals surface area contributed by atoms with Crippen molar-refractivity contribution < 1.29 is 26.4 Å². The number of piperidine rings is 1. The van der Waals surface area contributed by atoms with E-state index in [4.69, 9.17) is 9.47 Å². The lowest BCUT2D eigenvalue weighted by molar-refractivity contribution is -0.947. The van der Waals surface area contributed by atoms with E-state index in [2.05, 4.69) is 44.2 Å². The summed E-state index contributed by atoms with van der Waals surface area (Å²) >= 11 is 0. The maximum absolute atomic E-state index is 6.55. The normalized spacial score (nSPS) is 36.5. The number of nitrogens with zero attached hydrogens (tertiary/aromatic N) is 1. The first-order chi connectivity index (χ1) is 14.0. The van der Waals surface area contributed by atoms with Gasteiger partial charge in [-0.2, -0.15) is 0 Å². The van der Waals surface area contributed by atoms with E-state index in [0.717, 1.165) is 43.9 Å². The average Bonchev–Trinajstić information content (AvgIpc) is 3.41. The van der Waals surface area contributed by atoms with Gasteiger partial charge in [0.1, 0.15) is 19.2 Å². The molecule has 4 fully saturated rings. The number of benzene rings is 1. The molecule has 168 valence electrons. The van der Waals surface area contributed by atoms with Crippen molar-refractivity contribution in [2.75, 3.05) is 26.2 Å². The number of rotatable bonds is 6. The van der Waals surface area contributed by atoms with Crippen LogP contribution in [-0.4, -0.2) is 43.1 Å². The van der Waals surface area contributed by atoms with Crippen molar-refractivity contribution in [1.82, 2.24) is 0 Å². The third-order valence-electron chi connectivity index (χ3n) is 9.03. The van der Waals surface area contributed by atoms with Crippen LogP contribution in [0.15, 0.2) is 30.3 Å². The number of fused-ring (bicyclic) bond motifs is 2. The van der Waals surface area contributed by atoms with Crippen LogP contribution in [0.3, 0.4) is 0 Å². The molecule has 2 heterocycles. The summed E-state index contributed by atoms with van der Waals surface area (Å²) in [6.07, 6.45) is 9.84. The molecule has 2 aliphatic heterocycles. The summed E-state index contributed by atoms with van der Waals surface area (Å²) in [5.74, 6) is 2.63. The number of quaternary nitrogens is 1. The van der Waals surface area contributed by atoms with Gasteiger partial charge in [-0.3, -0.25) is 0 Å². The van der Waals surface area contributed by atoms with Crippen LogP contribution in [0, 0.1) is 23.2 Å². The molecule has 0 spiro atoms. The standard InChI is InChI=1S/C26H40NO2.ClH/c1-26(2)22-12-11-21(15-22)24(26)16-25-28-19-23(29-25)18-27(13-7-4-8-14-27)17-20-9-5-3-6-10-20;/h3,5-6,9-10,21-25H,4,7-8,11-19H2,1-2H3;1H/q+1;/p-1. The van der Waals surface area contributed by atoms with Gasteiger partial charge in [-0.15, -0.1) is 0 Å². The summed E-state index contributed by atoms with van der Waals surface area (Å²) in [6.45, 7) is 10.6. The number of hydrogen-bond donors (Lipinski definition) is 0. The molecule has 0 aromatic heterocycles. The van der Waals surface area contributed by atoms with E-state index in [9.17, 15) is 0 Å². The first-order valence-electron chi connectivity index (χ1n) is 12.2. The highest BCUT2D eigenvalue weighted by Crippen LogP contribution is 2.60. The van der Waals surface area contributed by atoms with Crippen LogP contribution in [0.2, 0.25) is 0 Å². The van der Waals surface area contributed by atoms with Gasteiger partial charge in [-0.1, -0.05) is 44.2 Å². The van der Waals surface area contributed by atoms with E-state index in [1.165, 1.54) is 61.7 Å². The number of ether oxygens (including phenoxy) is 2. The predicted molar refractivity (Wildman–Crippen MR) is 116 cm³/mol. The molecule has 5 rings (SSSR count). The molecule has 1 aromatic carbocycles. The summed E-state index contributed by atoms with van der Waals surface area (Å²) in [5.41, 5.74) is 1.94. The Balaban J connectivity index is 0.00000218. The van der Waals surface area contributed by atoms with Gasteiger partial charge in [0.25, 0.3) is 0 Å². The Bertz CT molecular complexity index is 688. The summed E-state index contributed by atoms with van der Waals surface area (Å²) in [5, 5.41) is 0. The van der Waals surface area contributed by atoms with Crippen molar-refractivity contribution in [3.8, 4) is 0 Å². The van der Waals surface area contributed by atoms with Crippen LogP contribution >= 0.6 is 0 Å².